The highest BCUT2D eigenvalue weighted by atomic mass is 16.1. The maximum Gasteiger partial charge on any atom is 0.251 e. The first-order chi connectivity index (χ1) is 6.83. The summed E-state index contributed by atoms with van der Waals surface area (Å²) in [6.07, 6.45) is 3.87. The van der Waals surface area contributed by atoms with E-state index in [9.17, 15) is 9.59 Å². The van der Waals surface area contributed by atoms with E-state index in [0.29, 0.717) is 12.1 Å². The van der Waals surface area contributed by atoms with E-state index in [1.165, 1.54) is 6.08 Å². The van der Waals surface area contributed by atoms with Gasteiger partial charge in [0.1, 0.15) is 6.29 Å². The van der Waals surface area contributed by atoms with Gasteiger partial charge in [-0.3, -0.25) is 9.59 Å². The van der Waals surface area contributed by atoms with Crippen LogP contribution in [0, 0.1) is 0 Å². The fourth-order valence-corrected chi connectivity index (χ4v) is 1.58. The van der Waals surface area contributed by atoms with Crippen LogP contribution in [0.15, 0.2) is 24.3 Å². The molecule has 2 rings (SSSR count). The Balaban J connectivity index is 2.48. The zero-order valence-electron chi connectivity index (χ0n) is 7.49. The molecule has 1 aromatic carbocycles. The Morgan fingerprint density at radius 1 is 1.36 bits per heavy atom. The Hall–Kier alpha value is -1.90. The second kappa shape index (κ2) is 3.46. The van der Waals surface area contributed by atoms with E-state index in [0.717, 1.165) is 17.4 Å². The molecular weight excluding hydrogens is 178 g/mol. The smallest absolute Gasteiger partial charge is 0.251 e. The van der Waals surface area contributed by atoms with Gasteiger partial charge in [-0.25, -0.2) is 0 Å². The first kappa shape index (κ1) is 8.69. The van der Waals surface area contributed by atoms with E-state index < -0.39 is 0 Å². The average Bonchev–Trinajstić information content (AvgIpc) is 2.58. The van der Waals surface area contributed by atoms with Gasteiger partial charge in [0, 0.05) is 12.1 Å². The molecule has 0 atom stereocenters. The molecule has 0 bridgehead atoms. The zero-order valence-corrected chi connectivity index (χ0v) is 7.49. The maximum atomic E-state index is 11.3. The van der Waals surface area contributed by atoms with Crippen LogP contribution in [0.3, 0.4) is 0 Å². The molecule has 14 heavy (non-hydrogen) atoms. The summed E-state index contributed by atoms with van der Waals surface area (Å²) in [6, 6.07) is 5.49. The Morgan fingerprint density at radius 3 is 3.00 bits per heavy atom. The van der Waals surface area contributed by atoms with Crippen LogP contribution < -0.4 is 5.32 Å². The molecule has 1 amide bonds. The molecule has 3 nitrogen and oxygen atoms in total. The van der Waals surface area contributed by atoms with E-state index in [1.54, 1.807) is 12.1 Å². The van der Waals surface area contributed by atoms with Gasteiger partial charge in [0.05, 0.1) is 0 Å². The maximum absolute atomic E-state index is 11.3. The van der Waals surface area contributed by atoms with Crippen molar-refractivity contribution in [2.24, 2.45) is 0 Å². The molecule has 0 spiro atoms. The molecule has 1 aliphatic heterocycles. The van der Waals surface area contributed by atoms with Crippen LogP contribution >= 0.6 is 0 Å². The predicted octanol–water partition coefficient (Wildman–Crippen LogP) is 1.14. The third kappa shape index (κ3) is 1.33. The Morgan fingerprint density at radius 2 is 2.21 bits per heavy atom. The normalized spacial score (nSPS) is 14.1. The Kier molecular flexibility index (Phi) is 2.14. The van der Waals surface area contributed by atoms with Crippen LogP contribution in [0.25, 0.3) is 6.08 Å². The quantitative estimate of drug-likeness (QED) is 0.557. The Bertz CT molecular complexity index is 421. The second-order valence-corrected chi connectivity index (χ2v) is 3.05. The van der Waals surface area contributed by atoms with Crippen LogP contribution in [0.5, 0.6) is 0 Å². The third-order valence-electron chi connectivity index (χ3n) is 2.24. The molecule has 0 aliphatic carbocycles. The second-order valence-electron chi connectivity index (χ2n) is 3.05. The number of allylic oxidation sites excluding steroid dienone is 1. The van der Waals surface area contributed by atoms with Crippen LogP contribution in [0.2, 0.25) is 0 Å². The topological polar surface area (TPSA) is 46.2 Å². The highest BCUT2D eigenvalue weighted by Crippen LogP contribution is 2.20. The number of hydrogen-bond donors (Lipinski definition) is 1. The van der Waals surface area contributed by atoms with Gasteiger partial charge in [-0.05, 0) is 23.3 Å². The first-order valence-corrected chi connectivity index (χ1v) is 4.35. The first-order valence-electron chi connectivity index (χ1n) is 4.35. The highest BCUT2D eigenvalue weighted by Gasteiger charge is 2.19. The number of rotatable bonds is 2. The van der Waals surface area contributed by atoms with E-state index in [4.69, 9.17) is 0 Å². The monoisotopic (exact) mass is 187 g/mol. The molecule has 0 saturated carbocycles. The van der Waals surface area contributed by atoms with Gasteiger partial charge in [0.25, 0.3) is 5.91 Å². The van der Waals surface area contributed by atoms with E-state index in [2.05, 4.69) is 5.32 Å². The summed E-state index contributed by atoms with van der Waals surface area (Å²) >= 11 is 0. The number of amides is 1. The van der Waals surface area contributed by atoms with Crippen molar-refractivity contribution in [3.63, 3.8) is 0 Å². The van der Waals surface area contributed by atoms with Crippen LogP contribution in [0.4, 0.5) is 0 Å². The van der Waals surface area contributed by atoms with Gasteiger partial charge in [-0.1, -0.05) is 18.2 Å². The number of aldehydes is 1. The third-order valence-corrected chi connectivity index (χ3v) is 2.24. The lowest BCUT2D eigenvalue weighted by atomic mass is 10.0. The van der Waals surface area contributed by atoms with Crippen LogP contribution in [0.1, 0.15) is 21.5 Å². The molecule has 3 heteroatoms. The molecule has 1 aliphatic rings. The minimum absolute atomic E-state index is 0.0404. The number of carbonyl (C=O) groups is 2. The van der Waals surface area contributed by atoms with E-state index in [-0.39, 0.29) is 5.91 Å². The highest BCUT2D eigenvalue weighted by molar-refractivity contribution is 5.99. The van der Waals surface area contributed by atoms with Crippen LogP contribution in [-0.2, 0) is 11.3 Å². The number of benzene rings is 1. The molecule has 0 radical (unpaired) electrons. The molecule has 0 aromatic heterocycles. The van der Waals surface area contributed by atoms with Crippen LogP contribution in [-0.4, -0.2) is 12.2 Å². The standard InChI is InChI=1S/C11H9NO2/c13-6-2-4-8-3-1-5-9-10(8)7-12-11(9)14/h1-6H,7H2,(H,12,14). The van der Waals surface area contributed by atoms with Crippen molar-refractivity contribution in [3.05, 3.63) is 41.0 Å². The van der Waals surface area contributed by atoms with E-state index >= 15 is 0 Å². The fraction of sp³-hybridized carbons (Fsp3) is 0.0909. The van der Waals surface area contributed by atoms with Gasteiger partial charge in [0.15, 0.2) is 0 Å². The van der Waals surface area contributed by atoms with Crippen molar-refractivity contribution < 1.29 is 9.59 Å². The molecule has 1 heterocycles. The summed E-state index contributed by atoms with van der Waals surface area (Å²) in [6.45, 7) is 0.549. The molecule has 70 valence electrons. The summed E-state index contributed by atoms with van der Waals surface area (Å²) in [7, 11) is 0. The zero-order chi connectivity index (χ0) is 9.97. The summed E-state index contributed by atoms with van der Waals surface area (Å²) < 4.78 is 0. The van der Waals surface area contributed by atoms with Gasteiger partial charge < -0.3 is 5.32 Å². The summed E-state index contributed by atoms with van der Waals surface area (Å²) in [5, 5.41) is 2.74. The lowest BCUT2D eigenvalue weighted by Gasteiger charge is -1.99. The SMILES string of the molecule is O=CC=Cc1cccc2c1CNC2=O. The summed E-state index contributed by atoms with van der Waals surface area (Å²) in [5.41, 5.74) is 2.60. The fourth-order valence-electron chi connectivity index (χ4n) is 1.58. The van der Waals surface area contributed by atoms with Gasteiger partial charge in [-0.2, -0.15) is 0 Å². The summed E-state index contributed by atoms with van der Waals surface area (Å²) in [4.78, 5) is 21.5. The van der Waals surface area contributed by atoms with E-state index in [1.807, 2.05) is 12.1 Å². The van der Waals surface area contributed by atoms with Crippen molar-refractivity contribution in [3.8, 4) is 0 Å². The van der Waals surface area contributed by atoms with Crippen molar-refractivity contribution in [2.75, 3.05) is 0 Å². The largest absolute Gasteiger partial charge is 0.348 e. The van der Waals surface area contributed by atoms with Crippen molar-refractivity contribution in [2.45, 2.75) is 6.54 Å². The molecular formula is C11H9NO2. The molecule has 0 saturated heterocycles. The van der Waals surface area contributed by atoms with Gasteiger partial charge in [-0.15, -0.1) is 0 Å². The number of hydrogen-bond acceptors (Lipinski definition) is 2. The number of fused-ring (bicyclic) bond motifs is 1. The van der Waals surface area contributed by atoms with Crippen molar-refractivity contribution >= 4 is 18.3 Å². The summed E-state index contributed by atoms with van der Waals surface area (Å²) in [5.74, 6) is -0.0404. The van der Waals surface area contributed by atoms with Gasteiger partial charge >= 0.3 is 0 Å². The minimum Gasteiger partial charge on any atom is -0.348 e. The Labute approximate surface area is 81.4 Å². The van der Waals surface area contributed by atoms with Crippen molar-refractivity contribution in [1.82, 2.24) is 5.32 Å². The lowest BCUT2D eigenvalue weighted by Crippen LogP contribution is -2.12. The molecule has 0 unspecified atom stereocenters. The molecule has 1 aromatic rings. The predicted molar refractivity (Wildman–Crippen MR) is 52.7 cm³/mol. The average molecular weight is 187 g/mol. The molecule has 0 fully saturated rings. The lowest BCUT2D eigenvalue weighted by molar-refractivity contribution is -0.104. The van der Waals surface area contributed by atoms with Crippen molar-refractivity contribution in [1.29, 1.82) is 0 Å². The minimum atomic E-state index is -0.0404. The van der Waals surface area contributed by atoms with Gasteiger partial charge in [0.2, 0.25) is 0 Å². The number of nitrogens with one attached hydrogen (secondary N) is 1. The molecule has 1 N–H and O–H groups in total. The number of carbonyl (C=O) groups excluding carboxylic acids is 2.